The first-order valence-electron chi connectivity index (χ1n) is 6.44. The predicted octanol–water partition coefficient (Wildman–Crippen LogP) is 3.90. The fraction of sp³-hybridized carbons (Fsp3) is 0.0667. The molecule has 0 bridgehead atoms. The molecule has 2 heterocycles. The summed E-state index contributed by atoms with van der Waals surface area (Å²) in [5.41, 5.74) is 1.66. The molecule has 110 valence electrons. The molecule has 0 saturated carbocycles. The van der Waals surface area contributed by atoms with Crippen molar-refractivity contribution in [3.63, 3.8) is 0 Å². The number of carboxylic acid groups (broad SMARTS) is 1. The standard InChI is InChI=1S/C15H11FN4O2/c1-9-6-7-20-12(8-9)17-13(15(21)22)14(20)19-18-11-4-2-10(16)3-5-11/h2-8H,1H3,(H,21,22). The van der Waals surface area contributed by atoms with Crippen LogP contribution in [0.5, 0.6) is 0 Å². The Morgan fingerprint density at radius 2 is 1.95 bits per heavy atom. The average molecular weight is 298 g/mol. The molecule has 1 N–H and O–H groups in total. The first-order chi connectivity index (χ1) is 10.5. The highest BCUT2D eigenvalue weighted by atomic mass is 19.1. The van der Waals surface area contributed by atoms with Crippen LogP contribution in [-0.2, 0) is 0 Å². The van der Waals surface area contributed by atoms with Crippen molar-refractivity contribution in [2.75, 3.05) is 0 Å². The summed E-state index contributed by atoms with van der Waals surface area (Å²) in [6.45, 7) is 1.88. The maximum atomic E-state index is 12.9. The summed E-state index contributed by atoms with van der Waals surface area (Å²) in [4.78, 5) is 15.4. The van der Waals surface area contributed by atoms with Gasteiger partial charge in [0.15, 0.2) is 11.5 Å². The average Bonchev–Trinajstić information content (AvgIpc) is 2.84. The van der Waals surface area contributed by atoms with E-state index in [1.807, 2.05) is 13.0 Å². The summed E-state index contributed by atoms with van der Waals surface area (Å²) < 4.78 is 14.4. The zero-order valence-corrected chi connectivity index (χ0v) is 11.6. The largest absolute Gasteiger partial charge is 0.476 e. The third kappa shape index (κ3) is 2.56. The molecule has 0 aliphatic carbocycles. The summed E-state index contributed by atoms with van der Waals surface area (Å²) in [7, 11) is 0. The van der Waals surface area contributed by atoms with Crippen LogP contribution in [0.15, 0.2) is 52.8 Å². The van der Waals surface area contributed by atoms with Gasteiger partial charge in [-0.05, 0) is 48.9 Å². The van der Waals surface area contributed by atoms with Crippen LogP contribution < -0.4 is 0 Å². The van der Waals surface area contributed by atoms with Crippen molar-refractivity contribution in [2.24, 2.45) is 10.2 Å². The molecule has 22 heavy (non-hydrogen) atoms. The maximum Gasteiger partial charge on any atom is 0.358 e. The Hall–Kier alpha value is -3.09. The summed E-state index contributed by atoms with van der Waals surface area (Å²) in [6, 6.07) is 8.98. The van der Waals surface area contributed by atoms with Crippen LogP contribution in [0.3, 0.4) is 0 Å². The summed E-state index contributed by atoms with van der Waals surface area (Å²) >= 11 is 0. The highest BCUT2D eigenvalue weighted by Gasteiger charge is 2.18. The van der Waals surface area contributed by atoms with Crippen LogP contribution in [-0.4, -0.2) is 20.5 Å². The van der Waals surface area contributed by atoms with E-state index in [0.717, 1.165) is 5.56 Å². The van der Waals surface area contributed by atoms with Gasteiger partial charge >= 0.3 is 5.97 Å². The van der Waals surface area contributed by atoms with Gasteiger partial charge in [-0.15, -0.1) is 10.2 Å². The third-order valence-corrected chi connectivity index (χ3v) is 3.05. The van der Waals surface area contributed by atoms with Gasteiger partial charge in [0.2, 0.25) is 0 Å². The topological polar surface area (TPSA) is 79.3 Å². The molecule has 0 aliphatic heterocycles. The number of aryl methyl sites for hydroxylation is 1. The molecule has 0 radical (unpaired) electrons. The van der Waals surface area contributed by atoms with Gasteiger partial charge in [0.1, 0.15) is 11.5 Å². The molecular weight excluding hydrogens is 287 g/mol. The molecule has 2 aromatic heterocycles. The second kappa shape index (κ2) is 5.36. The van der Waals surface area contributed by atoms with Crippen molar-refractivity contribution >= 4 is 23.1 Å². The van der Waals surface area contributed by atoms with Crippen LogP contribution >= 0.6 is 0 Å². The van der Waals surface area contributed by atoms with E-state index in [2.05, 4.69) is 15.2 Å². The van der Waals surface area contributed by atoms with Crippen LogP contribution in [0.25, 0.3) is 5.65 Å². The lowest BCUT2D eigenvalue weighted by molar-refractivity contribution is 0.0692. The zero-order valence-electron chi connectivity index (χ0n) is 11.6. The number of aromatic carboxylic acids is 1. The molecule has 0 spiro atoms. The molecule has 1 aromatic carbocycles. The Balaban J connectivity index is 2.10. The summed E-state index contributed by atoms with van der Waals surface area (Å²) in [5.74, 6) is -1.45. The SMILES string of the molecule is Cc1ccn2c(N=Nc3ccc(F)cc3)c(C(=O)O)nc2c1. The number of carbonyl (C=O) groups is 1. The van der Waals surface area contributed by atoms with E-state index in [4.69, 9.17) is 0 Å². The van der Waals surface area contributed by atoms with E-state index in [1.54, 1.807) is 16.7 Å². The highest BCUT2D eigenvalue weighted by Crippen LogP contribution is 2.24. The number of hydrogen-bond donors (Lipinski definition) is 1. The second-order valence-corrected chi connectivity index (χ2v) is 4.70. The van der Waals surface area contributed by atoms with Crippen LogP contribution in [0.1, 0.15) is 16.1 Å². The number of halogens is 1. The van der Waals surface area contributed by atoms with E-state index in [1.165, 1.54) is 24.3 Å². The molecule has 0 atom stereocenters. The summed E-state index contributed by atoms with van der Waals surface area (Å²) in [6.07, 6.45) is 1.68. The number of nitrogens with zero attached hydrogens (tertiary/aromatic N) is 4. The van der Waals surface area contributed by atoms with Gasteiger partial charge in [0.25, 0.3) is 0 Å². The number of imidazole rings is 1. The molecule has 0 unspecified atom stereocenters. The molecule has 7 heteroatoms. The lowest BCUT2D eigenvalue weighted by Gasteiger charge is -1.97. The molecule has 3 aromatic rings. The quantitative estimate of drug-likeness (QED) is 0.745. The van der Waals surface area contributed by atoms with Gasteiger partial charge in [-0.1, -0.05) is 0 Å². The number of hydrogen-bond acceptors (Lipinski definition) is 4. The van der Waals surface area contributed by atoms with E-state index in [0.29, 0.717) is 11.3 Å². The van der Waals surface area contributed by atoms with Gasteiger partial charge in [0, 0.05) is 6.20 Å². The minimum absolute atomic E-state index is 0.117. The van der Waals surface area contributed by atoms with Gasteiger partial charge in [-0.3, -0.25) is 4.40 Å². The molecule has 0 aliphatic rings. The van der Waals surface area contributed by atoms with Gasteiger partial charge < -0.3 is 5.11 Å². The Bertz CT molecular complexity index is 884. The van der Waals surface area contributed by atoms with Crippen molar-refractivity contribution in [1.29, 1.82) is 0 Å². The normalized spacial score (nSPS) is 11.4. The first kappa shape index (κ1) is 13.9. The Morgan fingerprint density at radius 1 is 1.23 bits per heavy atom. The number of rotatable bonds is 3. The molecule has 0 fully saturated rings. The fourth-order valence-corrected chi connectivity index (χ4v) is 1.99. The number of pyridine rings is 1. The van der Waals surface area contributed by atoms with Crippen molar-refractivity contribution in [3.05, 3.63) is 59.7 Å². The lowest BCUT2D eigenvalue weighted by Crippen LogP contribution is -1.96. The van der Waals surface area contributed by atoms with Crippen molar-refractivity contribution in [1.82, 2.24) is 9.38 Å². The van der Waals surface area contributed by atoms with Crippen LogP contribution in [0, 0.1) is 12.7 Å². The summed E-state index contributed by atoms with van der Waals surface area (Å²) in [5, 5.41) is 17.1. The molecular formula is C15H11FN4O2. The minimum atomic E-state index is -1.19. The van der Waals surface area contributed by atoms with Gasteiger partial charge in [0.05, 0.1) is 5.69 Å². The Morgan fingerprint density at radius 3 is 2.64 bits per heavy atom. The van der Waals surface area contributed by atoms with Crippen molar-refractivity contribution < 1.29 is 14.3 Å². The minimum Gasteiger partial charge on any atom is -0.476 e. The van der Waals surface area contributed by atoms with Crippen molar-refractivity contribution in [2.45, 2.75) is 6.92 Å². The van der Waals surface area contributed by atoms with Crippen molar-refractivity contribution in [3.8, 4) is 0 Å². The first-order valence-corrected chi connectivity index (χ1v) is 6.44. The Labute approximate surface area is 124 Å². The van der Waals surface area contributed by atoms with E-state index >= 15 is 0 Å². The molecule has 0 amide bonds. The van der Waals surface area contributed by atoms with Crippen LogP contribution in [0.4, 0.5) is 15.9 Å². The van der Waals surface area contributed by atoms with E-state index in [-0.39, 0.29) is 17.3 Å². The Kier molecular flexibility index (Phi) is 3.38. The third-order valence-electron chi connectivity index (χ3n) is 3.05. The van der Waals surface area contributed by atoms with Gasteiger partial charge in [-0.25, -0.2) is 14.2 Å². The fourth-order valence-electron chi connectivity index (χ4n) is 1.99. The number of fused-ring (bicyclic) bond motifs is 1. The maximum absolute atomic E-state index is 12.9. The zero-order chi connectivity index (χ0) is 15.7. The van der Waals surface area contributed by atoms with Crippen LogP contribution in [0.2, 0.25) is 0 Å². The molecule has 3 rings (SSSR count). The van der Waals surface area contributed by atoms with Gasteiger partial charge in [-0.2, -0.15) is 0 Å². The lowest BCUT2D eigenvalue weighted by atomic mass is 10.3. The highest BCUT2D eigenvalue weighted by molar-refractivity contribution is 5.91. The van der Waals surface area contributed by atoms with E-state index in [9.17, 15) is 14.3 Å². The molecule has 0 saturated heterocycles. The number of carboxylic acids is 1. The number of azo groups is 1. The number of aromatic nitrogens is 2. The predicted molar refractivity (Wildman–Crippen MR) is 77.5 cm³/mol. The monoisotopic (exact) mass is 298 g/mol. The molecule has 6 nitrogen and oxygen atoms in total. The smallest absolute Gasteiger partial charge is 0.358 e. The second-order valence-electron chi connectivity index (χ2n) is 4.70. The number of benzene rings is 1. The van der Waals surface area contributed by atoms with E-state index < -0.39 is 5.97 Å².